The Kier molecular flexibility index (Phi) is 15.8. The fraction of sp³-hybridized carbons (Fsp3) is 0.621. The van der Waals surface area contributed by atoms with Crippen molar-refractivity contribution in [2.45, 2.75) is 111 Å². The highest BCUT2D eigenvalue weighted by Crippen LogP contribution is 2.27. The number of halogens is 1. The molecule has 202 valence electrons. The molecule has 1 heterocycles. The van der Waals surface area contributed by atoms with Crippen LogP contribution in [0.4, 0.5) is 0 Å². The fourth-order valence-corrected chi connectivity index (χ4v) is 3.74. The summed E-state index contributed by atoms with van der Waals surface area (Å²) in [6.07, 6.45) is 18.5. The van der Waals surface area contributed by atoms with Crippen LogP contribution in [0, 0.1) is 5.41 Å². The third-order valence-electron chi connectivity index (χ3n) is 5.81. The number of carboxylic acids is 1. The number of aliphatic carboxylic acids is 1. The van der Waals surface area contributed by atoms with Crippen molar-refractivity contribution in [3.8, 4) is 5.75 Å². The normalized spacial score (nSPS) is 11.9. The van der Waals surface area contributed by atoms with E-state index in [1.165, 1.54) is 57.8 Å². The summed E-state index contributed by atoms with van der Waals surface area (Å²) in [5.74, 6) is -0.0907. The van der Waals surface area contributed by atoms with Gasteiger partial charge >= 0.3 is 5.97 Å². The van der Waals surface area contributed by atoms with Gasteiger partial charge in [0.2, 0.25) is 6.23 Å². The Balaban J connectivity index is 0.000000371. The standard InChI is InChI=1S/C15H17ClN2O2.C14H28O2/c1-15(2,3)13(19)14(18-9-8-17-10-18)20-12-6-4-11(16)5-7-12;1-2-3-4-5-6-7-8-9-10-11-12-13-14(15)16/h4-10,14H,1-3H3;2-13H2,1H3,(H,15,16). The van der Waals surface area contributed by atoms with E-state index >= 15 is 0 Å². The summed E-state index contributed by atoms with van der Waals surface area (Å²) < 4.78 is 7.47. The number of hydrogen-bond donors (Lipinski definition) is 1. The summed E-state index contributed by atoms with van der Waals surface area (Å²) in [5, 5.41) is 9.08. The van der Waals surface area contributed by atoms with Gasteiger partial charge in [0, 0.05) is 29.3 Å². The van der Waals surface area contributed by atoms with Crippen LogP contribution in [-0.4, -0.2) is 26.4 Å². The lowest BCUT2D eigenvalue weighted by molar-refractivity contribution is -0.138. The molecule has 2 aromatic rings. The first-order valence-electron chi connectivity index (χ1n) is 13.3. The molecule has 0 amide bonds. The summed E-state index contributed by atoms with van der Waals surface area (Å²) in [7, 11) is 0. The molecule has 6 nitrogen and oxygen atoms in total. The minimum absolute atomic E-state index is 0.0227. The van der Waals surface area contributed by atoms with E-state index in [2.05, 4.69) is 11.9 Å². The number of nitrogens with zero attached hydrogens (tertiary/aromatic N) is 2. The van der Waals surface area contributed by atoms with Gasteiger partial charge < -0.3 is 9.84 Å². The van der Waals surface area contributed by atoms with Crippen molar-refractivity contribution >= 4 is 23.4 Å². The molecule has 0 spiro atoms. The minimum Gasteiger partial charge on any atom is -0.481 e. The van der Waals surface area contributed by atoms with Gasteiger partial charge in [0.25, 0.3) is 0 Å². The highest BCUT2D eigenvalue weighted by Gasteiger charge is 2.32. The Morgan fingerprint density at radius 2 is 1.47 bits per heavy atom. The zero-order chi connectivity index (χ0) is 26.8. The van der Waals surface area contributed by atoms with E-state index in [1.54, 1.807) is 47.6 Å². The molecule has 0 fully saturated rings. The quantitative estimate of drug-likeness (QED) is 0.224. The van der Waals surface area contributed by atoms with Gasteiger partial charge in [-0.15, -0.1) is 0 Å². The number of aromatic nitrogens is 2. The Morgan fingerprint density at radius 1 is 0.944 bits per heavy atom. The van der Waals surface area contributed by atoms with E-state index in [4.69, 9.17) is 21.4 Å². The molecular formula is C29H45ClN2O4. The van der Waals surface area contributed by atoms with Gasteiger partial charge in [-0.1, -0.05) is 104 Å². The van der Waals surface area contributed by atoms with Gasteiger partial charge in [-0.25, -0.2) is 4.98 Å². The molecule has 1 aromatic carbocycles. The number of Topliss-reactive ketones (excluding diaryl/α,β-unsaturated/α-hetero) is 1. The van der Waals surface area contributed by atoms with Crippen LogP contribution >= 0.6 is 11.6 Å². The van der Waals surface area contributed by atoms with Gasteiger partial charge in [0.15, 0.2) is 5.78 Å². The lowest BCUT2D eigenvalue weighted by Crippen LogP contribution is -2.33. The SMILES string of the molecule is CC(C)(C)C(=O)C(Oc1ccc(Cl)cc1)n1ccnc1.CCCCCCCCCCCCCC(=O)O. The number of hydrogen-bond acceptors (Lipinski definition) is 4. The van der Waals surface area contributed by atoms with Gasteiger partial charge in [-0.2, -0.15) is 0 Å². The van der Waals surface area contributed by atoms with Crippen molar-refractivity contribution in [1.82, 2.24) is 9.55 Å². The van der Waals surface area contributed by atoms with Crippen molar-refractivity contribution in [2.24, 2.45) is 5.41 Å². The number of carboxylic acid groups (broad SMARTS) is 1. The molecule has 1 aromatic heterocycles. The lowest BCUT2D eigenvalue weighted by Gasteiger charge is -2.26. The predicted octanol–water partition coefficient (Wildman–Crippen LogP) is 8.50. The monoisotopic (exact) mass is 520 g/mol. The smallest absolute Gasteiger partial charge is 0.303 e. The fourth-order valence-electron chi connectivity index (χ4n) is 3.61. The van der Waals surface area contributed by atoms with Gasteiger partial charge in [0.05, 0.1) is 6.33 Å². The van der Waals surface area contributed by atoms with Crippen LogP contribution in [0.15, 0.2) is 43.0 Å². The molecule has 7 heteroatoms. The molecule has 0 radical (unpaired) electrons. The van der Waals surface area contributed by atoms with Crippen LogP contribution in [-0.2, 0) is 9.59 Å². The maximum absolute atomic E-state index is 12.5. The average molecular weight is 521 g/mol. The van der Waals surface area contributed by atoms with Crippen LogP contribution < -0.4 is 4.74 Å². The molecule has 0 bridgehead atoms. The van der Waals surface area contributed by atoms with Crippen LogP contribution in [0.25, 0.3) is 0 Å². The molecule has 0 saturated carbocycles. The van der Waals surface area contributed by atoms with Crippen LogP contribution in [0.5, 0.6) is 5.75 Å². The number of rotatable bonds is 16. The van der Waals surface area contributed by atoms with Crippen molar-refractivity contribution in [3.63, 3.8) is 0 Å². The molecule has 0 aliphatic carbocycles. The van der Waals surface area contributed by atoms with E-state index in [-0.39, 0.29) is 5.78 Å². The Labute approximate surface area is 222 Å². The summed E-state index contributed by atoms with van der Waals surface area (Å²) >= 11 is 5.85. The van der Waals surface area contributed by atoms with Gasteiger partial charge in [0.1, 0.15) is 5.75 Å². The van der Waals surface area contributed by atoms with Crippen LogP contribution in [0.1, 0.15) is 111 Å². The summed E-state index contributed by atoms with van der Waals surface area (Å²) in [6.45, 7) is 7.84. The number of ether oxygens (including phenoxy) is 1. The zero-order valence-electron chi connectivity index (χ0n) is 22.5. The number of ketones is 1. The summed E-state index contributed by atoms with van der Waals surface area (Å²) in [6, 6.07) is 6.93. The molecule has 1 N–H and O–H groups in total. The third-order valence-corrected chi connectivity index (χ3v) is 6.07. The van der Waals surface area contributed by atoms with Crippen molar-refractivity contribution in [3.05, 3.63) is 48.0 Å². The number of carbonyl (C=O) groups excluding carboxylic acids is 1. The van der Waals surface area contributed by atoms with E-state index in [0.717, 1.165) is 12.8 Å². The highest BCUT2D eigenvalue weighted by molar-refractivity contribution is 6.30. The molecule has 0 aliphatic heterocycles. The van der Waals surface area contributed by atoms with E-state index < -0.39 is 17.6 Å². The molecule has 2 rings (SSSR count). The lowest BCUT2D eigenvalue weighted by atomic mass is 9.89. The Bertz CT molecular complexity index is 845. The summed E-state index contributed by atoms with van der Waals surface area (Å²) in [4.78, 5) is 26.8. The molecule has 0 aliphatic rings. The zero-order valence-corrected chi connectivity index (χ0v) is 23.3. The number of unbranched alkanes of at least 4 members (excludes halogenated alkanes) is 10. The first-order valence-corrected chi connectivity index (χ1v) is 13.7. The molecule has 36 heavy (non-hydrogen) atoms. The Hall–Kier alpha value is -2.34. The minimum atomic E-state index is -0.737. The largest absolute Gasteiger partial charge is 0.481 e. The van der Waals surface area contributed by atoms with Gasteiger partial charge in [-0.05, 0) is 30.7 Å². The maximum atomic E-state index is 12.5. The van der Waals surface area contributed by atoms with Crippen LogP contribution in [0.3, 0.4) is 0 Å². The second kappa shape index (κ2) is 18.0. The molecule has 1 unspecified atom stereocenters. The second-order valence-corrected chi connectivity index (χ2v) is 10.7. The number of imidazole rings is 1. The number of benzene rings is 1. The maximum Gasteiger partial charge on any atom is 0.303 e. The average Bonchev–Trinajstić information content (AvgIpc) is 3.36. The van der Waals surface area contributed by atoms with Crippen molar-refractivity contribution in [2.75, 3.05) is 0 Å². The topological polar surface area (TPSA) is 81.4 Å². The van der Waals surface area contributed by atoms with E-state index in [9.17, 15) is 9.59 Å². The first kappa shape index (κ1) is 31.7. The molecule has 1 atom stereocenters. The second-order valence-electron chi connectivity index (χ2n) is 10.2. The van der Waals surface area contributed by atoms with Crippen molar-refractivity contribution in [1.29, 1.82) is 0 Å². The summed E-state index contributed by atoms with van der Waals surface area (Å²) in [5.41, 5.74) is -0.513. The third kappa shape index (κ3) is 14.3. The number of carbonyl (C=O) groups is 2. The molecular weight excluding hydrogens is 476 g/mol. The van der Waals surface area contributed by atoms with E-state index in [1.807, 2.05) is 20.8 Å². The van der Waals surface area contributed by atoms with Gasteiger partial charge in [-0.3, -0.25) is 14.2 Å². The van der Waals surface area contributed by atoms with E-state index in [0.29, 0.717) is 17.2 Å². The van der Waals surface area contributed by atoms with Crippen LogP contribution in [0.2, 0.25) is 5.02 Å². The highest BCUT2D eigenvalue weighted by atomic mass is 35.5. The first-order chi connectivity index (χ1) is 17.1. The molecule has 0 saturated heterocycles. The Morgan fingerprint density at radius 3 is 1.92 bits per heavy atom. The predicted molar refractivity (Wildman–Crippen MR) is 147 cm³/mol. The van der Waals surface area contributed by atoms with Crippen molar-refractivity contribution < 1.29 is 19.4 Å².